The summed E-state index contributed by atoms with van der Waals surface area (Å²) in [6.45, 7) is 13.8. The molecule has 0 spiro atoms. The average molecular weight is 734 g/mol. The van der Waals surface area contributed by atoms with Crippen molar-refractivity contribution in [3.8, 4) is 0 Å². The van der Waals surface area contributed by atoms with E-state index in [2.05, 4.69) is 31.1 Å². The SMILES string of the molecule is C/C(CC[C@@H]1C/C=C/c2cc3cc(ccc3cn2)[C@@H](C)NC(=O)[C@@H]2CCCN(N2)C(=O)[C@H](C)NC(=O)[C@H](C(C)C)OC1=O)=N/OCCN1CCOCC1. The average Bonchev–Trinajstić information content (AvgIpc) is 3.15. The number of rotatable bonds is 8. The number of nitrogens with zero attached hydrogens (tertiary/aromatic N) is 4. The number of pyridine rings is 1. The van der Waals surface area contributed by atoms with Crippen molar-refractivity contribution in [3.63, 3.8) is 0 Å². The molecule has 14 heteroatoms. The second-order valence-electron chi connectivity index (χ2n) is 14.6. The van der Waals surface area contributed by atoms with Crippen LogP contribution in [-0.4, -0.2) is 108 Å². The number of carbonyl (C=O) groups is 4. The van der Waals surface area contributed by atoms with Crippen molar-refractivity contribution >= 4 is 46.3 Å². The lowest BCUT2D eigenvalue weighted by Gasteiger charge is -2.35. The van der Waals surface area contributed by atoms with E-state index in [1.165, 1.54) is 5.01 Å². The zero-order valence-electron chi connectivity index (χ0n) is 31.6. The molecular formula is C39H55N7O7. The minimum atomic E-state index is -1.12. The molecule has 3 aliphatic heterocycles. The highest BCUT2D eigenvalue weighted by Crippen LogP contribution is 2.23. The maximum absolute atomic E-state index is 13.8. The van der Waals surface area contributed by atoms with Crippen LogP contribution in [0.4, 0.5) is 0 Å². The van der Waals surface area contributed by atoms with Crippen molar-refractivity contribution in [2.45, 2.75) is 91.0 Å². The normalized spacial score (nSPS) is 26.5. The Balaban J connectivity index is 1.36. The van der Waals surface area contributed by atoms with Crippen molar-refractivity contribution in [1.29, 1.82) is 0 Å². The molecule has 5 atom stereocenters. The zero-order valence-corrected chi connectivity index (χ0v) is 31.6. The van der Waals surface area contributed by atoms with Gasteiger partial charge in [-0.3, -0.25) is 34.1 Å². The molecule has 0 unspecified atom stereocenters. The minimum Gasteiger partial charge on any atom is -0.452 e. The first-order valence-corrected chi connectivity index (χ1v) is 18.9. The topological polar surface area (TPSA) is 164 Å². The number of esters is 1. The Hall–Kier alpha value is -4.40. The number of aromatic nitrogens is 1. The number of cyclic esters (lactones) is 1. The maximum atomic E-state index is 13.8. The van der Waals surface area contributed by atoms with Crippen LogP contribution in [-0.2, 0) is 33.5 Å². The van der Waals surface area contributed by atoms with Gasteiger partial charge in [0.25, 0.3) is 11.8 Å². The molecule has 5 bridgehead atoms. The highest BCUT2D eigenvalue weighted by Gasteiger charge is 2.35. The van der Waals surface area contributed by atoms with Crippen molar-refractivity contribution < 1.29 is 33.5 Å². The Morgan fingerprint density at radius 1 is 1.02 bits per heavy atom. The Bertz CT molecular complexity index is 1660. The van der Waals surface area contributed by atoms with E-state index in [0.29, 0.717) is 45.3 Å². The summed E-state index contributed by atoms with van der Waals surface area (Å²) >= 11 is 0. The summed E-state index contributed by atoms with van der Waals surface area (Å²) in [5, 5.41) is 13.4. The molecule has 0 aliphatic carbocycles. The molecular weight excluding hydrogens is 678 g/mol. The fourth-order valence-electron chi connectivity index (χ4n) is 6.64. The van der Waals surface area contributed by atoms with Gasteiger partial charge in [-0.15, -0.1) is 0 Å². The maximum Gasteiger partial charge on any atom is 0.310 e. The van der Waals surface area contributed by atoms with E-state index in [1.54, 1.807) is 27.0 Å². The van der Waals surface area contributed by atoms with Crippen LogP contribution in [0, 0.1) is 11.8 Å². The number of ether oxygens (including phenoxy) is 2. The molecule has 2 fully saturated rings. The highest BCUT2D eigenvalue weighted by atomic mass is 16.6. The minimum absolute atomic E-state index is 0.216. The standard InChI is InChI=1S/C39H55N7O7/c1-25(2)35-37(48)42-28(5)38(49)46-15-7-10-34(43-46)36(47)41-27(4)30-13-14-31-24-40-33(23-32(31)22-30)9-6-8-29(39(50)53-35)12-11-26(3)44-52-21-18-45-16-19-51-20-17-45/h6,9,13-14,22-25,27-29,34-35,43H,7-8,10-12,15-21H2,1-5H3,(H,41,47)(H,42,48)/b9-6+,44-26-/t27-,28+,29+,34+,35+/m1/s1. The van der Waals surface area contributed by atoms with Crippen LogP contribution in [0.3, 0.4) is 0 Å². The van der Waals surface area contributed by atoms with Gasteiger partial charge in [0, 0.05) is 37.8 Å². The summed E-state index contributed by atoms with van der Waals surface area (Å²) in [6.07, 6.45) is 6.88. The number of hydrogen-bond donors (Lipinski definition) is 3. The third-order valence-electron chi connectivity index (χ3n) is 9.95. The van der Waals surface area contributed by atoms with E-state index in [1.807, 2.05) is 50.3 Å². The molecule has 1 aromatic carbocycles. The number of oxime groups is 1. The van der Waals surface area contributed by atoms with Crippen molar-refractivity contribution in [2.75, 3.05) is 46.0 Å². The second-order valence-corrected chi connectivity index (χ2v) is 14.6. The lowest BCUT2D eigenvalue weighted by atomic mass is 9.97. The van der Waals surface area contributed by atoms with Crippen LogP contribution in [0.1, 0.15) is 84.0 Å². The van der Waals surface area contributed by atoms with Gasteiger partial charge in [-0.2, -0.15) is 0 Å². The smallest absolute Gasteiger partial charge is 0.310 e. The number of hydrogen-bond acceptors (Lipinski definition) is 11. The summed E-state index contributed by atoms with van der Waals surface area (Å²) in [5.41, 5.74) is 5.46. The summed E-state index contributed by atoms with van der Waals surface area (Å²) in [4.78, 5) is 66.6. The van der Waals surface area contributed by atoms with E-state index in [0.717, 1.165) is 60.6 Å². The highest BCUT2D eigenvalue weighted by molar-refractivity contribution is 5.91. The molecule has 0 radical (unpaired) electrons. The molecule has 2 saturated heterocycles. The fourth-order valence-corrected chi connectivity index (χ4v) is 6.64. The quantitative estimate of drug-likeness (QED) is 0.158. The molecule has 5 rings (SSSR count). The molecule has 3 aliphatic rings. The second kappa shape index (κ2) is 19.1. The Labute approximate surface area is 312 Å². The van der Waals surface area contributed by atoms with Crippen LogP contribution in [0.2, 0.25) is 0 Å². The number of amides is 3. The lowest BCUT2D eigenvalue weighted by Crippen LogP contribution is -2.61. The molecule has 4 heterocycles. The molecule has 14 nitrogen and oxygen atoms in total. The predicted octanol–water partition coefficient (Wildman–Crippen LogP) is 3.52. The van der Waals surface area contributed by atoms with Crippen LogP contribution in [0.25, 0.3) is 16.8 Å². The Kier molecular flexibility index (Phi) is 14.3. The Morgan fingerprint density at radius 2 is 1.79 bits per heavy atom. The van der Waals surface area contributed by atoms with Gasteiger partial charge < -0.3 is 24.9 Å². The number of benzene rings is 1. The number of fused-ring (bicyclic) bond motifs is 4. The Morgan fingerprint density at radius 3 is 2.57 bits per heavy atom. The summed E-state index contributed by atoms with van der Waals surface area (Å²) in [5.74, 6) is -2.61. The van der Waals surface area contributed by atoms with Crippen molar-refractivity contribution in [1.82, 2.24) is 31.0 Å². The molecule has 288 valence electrons. The van der Waals surface area contributed by atoms with E-state index < -0.39 is 36.0 Å². The van der Waals surface area contributed by atoms with E-state index in [4.69, 9.17) is 14.3 Å². The number of morpholine rings is 1. The van der Waals surface area contributed by atoms with Gasteiger partial charge in [-0.25, -0.2) is 5.43 Å². The third-order valence-corrected chi connectivity index (χ3v) is 9.95. The first kappa shape index (κ1) is 39.8. The van der Waals surface area contributed by atoms with Gasteiger partial charge >= 0.3 is 5.97 Å². The number of hydrazine groups is 1. The monoisotopic (exact) mass is 733 g/mol. The molecule has 3 amide bonds. The van der Waals surface area contributed by atoms with Crippen molar-refractivity contribution in [3.05, 3.63) is 47.8 Å². The summed E-state index contributed by atoms with van der Waals surface area (Å²) in [6, 6.07) is 6.13. The van der Waals surface area contributed by atoms with Crippen LogP contribution in [0.5, 0.6) is 0 Å². The molecule has 53 heavy (non-hydrogen) atoms. The lowest BCUT2D eigenvalue weighted by molar-refractivity contribution is -0.163. The molecule has 3 N–H and O–H groups in total. The van der Waals surface area contributed by atoms with Crippen LogP contribution in [0.15, 0.2) is 41.7 Å². The van der Waals surface area contributed by atoms with Crippen LogP contribution >= 0.6 is 0 Å². The summed E-state index contributed by atoms with van der Waals surface area (Å²) < 4.78 is 11.3. The van der Waals surface area contributed by atoms with Gasteiger partial charge in [0.15, 0.2) is 6.10 Å². The van der Waals surface area contributed by atoms with Crippen molar-refractivity contribution in [2.24, 2.45) is 17.0 Å². The summed E-state index contributed by atoms with van der Waals surface area (Å²) in [7, 11) is 0. The third kappa shape index (κ3) is 11.3. The van der Waals surface area contributed by atoms with E-state index in [9.17, 15) is 19.2 Å². The number of allylic oxidation sites excluding steroid dienone is 1. The molecule has 2 aromatic rings. The number of nitrogens with one attached hydrogen (secondary N) is 3. The predicted molar refractivity (Wildman–Crippen MR) is 201 cm³/mol. The number of carbonyl (C=O) groups excluding carboxylic acids is 4. The first-order chi connectivity index (χ1) is 25.5. The van der Waals surface area contributed by atoms with Gasteiger partial charge in [-0.05, 0) is 88.0 Å². The van der Waals surface area contributed by atoms with Crippen LogP contribution < -0.4 is 16.1 Å². The zero-order chi connectivity index (χ0) is 37.9. The van der Waals surface area contributed by atoms with Gasteiger partial charge in [0.2, 0.25) is 5.91 Å². The van der Waals surface area contributed by atoms with Gasteiger partial charge in [-0.1, -0.05) is 37.2 Å². The molecule has 0 saturated carbocycles. The first-order valence-electron chi connectivity index (χ1n) is 18.9. The largest absolute Gasteiger partial charge is 0.452 e. The molecule has 1 aromatic heterocycles. The van der Waals surface area contributed by atoms with Gasteiger partial charge in [0.05, 0.1) is 36.6 Å². The van der Waals surface area contributed by atoms with E-state index >= 15 is 0 Å². The van der Waals surface area contributed by atoms with E-state index in [-0.39, 0.29) is 23.8 Å². The van der Waals surface area contributed by atoms with Gasteiger partial charge in [0.1, 0.15) is 18.7 Å². The fraction of sp³-hybridized carbons (Fsp3) is 0.590.